The number of hydrogen-bond acceptors (Lipinski definition) is 6. The Hall–Kier alpha value is -3.04. The molecule has 0 atom stereocenters. The van der Waals surface area contributed by atoms with Gasteiger partial charge in [0.15, 0.2) is 11.6 Å². The van der Waals surface area contributed by atoms with Crippen molar-refractivity contribution in [3.8, 4) is 0 Å². The number of fused-ring (bicyclic) bond motifs is 2. The van der Waals surface area contributed by atoms with Crippen molar-refractivity contribution in [3.63, 3.8) is 0 Å². The van der Waals surface area contributed by atoms with Crippen LogP contribution < -0.4 is 0 Å². The minimum absolute atomic E-state index is 0.0266. The predicted octanol–water partition coefficient (Wildman–Crippen LogP) is 16.1. The van der Waals surface area contributed by atoms with Crippen molar-refractivity contribution < 1.29 is 9.59 Å². The van der Waals surface area contributed by atoms with Gasteiger partial charge in [0.1, 0.15) is 0 Å². The number of Topliss-reactive ketones (excluding diaryl/α,β-unsaturated/α-hetero) is 1. The lowest BCUT2D eigenvalue weighted by Crippen LogP contribution is -2.36. The van der Waals surface area contributed by atoms with Gasteiger partial charge in [0.25, 0.3) is 0 Å². The molecule has 62 heavy (non-hydrogen) atoms. The van der Waals surface area contributed by atoms with E-state index in [0.29, 0.717) is 17.6 Å². The number of carbonyl (C=O) groups excluding carboxylic acids is 2. The summed E-state index contributed by atoms with van der Waals surface area (Å²) in [6.07, 6.45) is 23.8. The normalized spacial score (nSPS) is 18.4. The third-order valence-electron chi connectivity index (χ3n) is 14.3. The lowest BCUT2D eigenvalue weighted by Gasteiger charge is -2.43. The summed E-state index contributed by atoms with van der Waals surface area (Å²) in [7, 11) is 0. The second kappa shape index (κ2) is 19.6. The Balaban J connectivity index is 0.743. The molecule has 0 spiro atoms. The number of aromatic nitrogens is 2. The first kappa shape index (κ1) is 44.2. The van der Waals surface area contributed by atoms with Gasteiger partial charge in [-0.05, 0) is 81.7 Å². The SMILES string of the molecule is CCCCCCCCCCCCCCCCn1c(C)c2c(c1C)SC(=C1Sc3c(c(C)n(CCCCC4=CC(=O)C5=C(C4=O)C4c6ccccc6C5c5ccccc54)c3C)S1)S2. The maximum atomic E-state index is 14.3. The molecule has 0 N–H and O–H groups in total. The number of unbranched alkanes of at least 4 members (excludes halogenated alkanes) is 14. The summed E-state index contributed by atoms with van der Waals surface area (Å²) in [5, 5.41) is 0. The fourth-order valence-electron chi connectivity index (χ4n) is 11.0. The van der Waals surface area contributed by atoms with Crippen molar-refractivity contribution in [2.75, 3.05) is 0 Å². The Morgan fingerprint density at radius 1 is 0.468 bits per heavy atom. The van der Waals surface area contributed by atoms with Crippen LogP contribution in [0.1, 0.15) is 173 Å². The summed E-state index contributed by atoms with van der Waals surface area (Å²) in [5.41, 5.74) is 12.4. The van der Waals surface area contributed by atoms with Crippen LogP contribution in [0.3, 0.4) is 0 Å². The predicted molar refractivity (Wildman–Crippen MR) is 264 cm³/mol. The van der Waals surface area contributed by atoms with Gasteiger partial charge in [0, 0.05) is 84.0 Å². The van der Waals surface area contributed by atoms with Crippen LogP contribution in [0.5, 0.6) is 0 Å². The second-order valence-corrected chi connectivity index (χ2v) is 22.9. The van der Waals surface area contributed by atoms with Crippen molar-refractivity contribution in [3.05, 3.63) is 125 Å². The molecular formula is C54H64N2O2S4. The zero-order valence-electron chi connectivity index (χ0n) is 37.6. The Kier molecular flexibility index (Phi) is 14.0. The van der Waals surface area contributed by atoms with E-state index in [1.165, 1.54) is 163 Å². The van der Waals surface area contributed by atoms with Crippen LogP contribution >= 0.6 is 47.0 Å². The van der Waals surface area contributed by atoms with E-state index >= 15 is 0 Å². The van der Waals surface area contributed by atoms with E-state index in [9.17, 15) is 9.59 Å². The van der Waals surface area contributed by atoms with Crippen LogP contribution in [0.15, 0.2) is 99.4 Å². The number of hydrogen-bond donors (Lipinski definition) is 0. The van der Waals surface area contributed by atoms with Gasteiger partial charge < -0.3 is 9.13 Å². The van der Waals surface area contributed by atoms with Gasteiger partial charge in [-0.2, -0.15) is 0 Å². The molecule has 0 saturated heterocycles. The smallest absolute Gasteiger partial charge is 0.186 e. The fraction of sp³-hybridized carbons (Fsp3) is 0.481. The van der Waals surface area contributed by atoms with E-state index in [1.54, 1.807) is 6.08 Å². The molecule has 2 aromatic heterocycles. The summed E-state index contributed by atoms with van der Waals surface area (Å²) in [4.78, 5) is 33.9. The van der Waals surface area contributed by atoms with Crippen LogP contribution in [0, 0.1) is 27.7 Å². The minimum atomic E-state index is -0.162. The highest BCUT2D eigenvalue weighted by Crippen LogP contribution is 2.64. The first-order valence-electron chi connectivity index (χ1n) is 23.8. The van der Waals surface area contributed by atoms with E-state index in [4.69, 9.17) is 0 Å². The summed E-state index contributed by atoms with van der Waals surface area (Å²) in [6.45, 7) is 13.6. The van der Waals surface area contributed by atoms with Gasteiger partial charge in [0.2, 0.25) is 0 Å². The minimum Gasteiger partial charge on any atom is -0.347 e. The third kappa shape index (κ3) is 8.37. The monoisotopic (exact) mass is 900 g/mol. The number of rotatable bonds is 20. The average molecular weight is 901 g/mol. The Morgan fingerprint density at radius 2 is 0.823 bits per heavy atom. The summed E-state index contributed by atoms with van der Waals surface area (Å²) in [6, 6.07) is 16.8. The molecule has 4 nitrogen and oxygen atoms in total. The van der Waals surface area contributed by atoms with Crippen LogP contribution in [-0.4, -0.2) is 20.7 Å². The van der Waals surface area contributed by atoms with Crippen molar-refractivity contribution >= 4 is 58.6 Å². The van der Waals surface area contributed by atoms with Gasteiger partial charge in [-0.1, -0.05) is 186 Å². The van der Waals surface area contributed by atoms with E-state index < -0.39 is 0 Å². The highest BCUT2D eigenvalue weighted by molar-refractivity contribution is 8.30. The van der Waals surface area contributed by atoms with E-state index in [0.717, 1.165) is 31.5 Å². The first-order chi connectivity index (χ1) is 30.3. The molecule has 0 fully saturated rings. The van der Waals surface area contributed by atoms with Crippen molar-refractivity contribution in [1.29, 1.82) is 0 Å². The molecule has 8 heteroatoms. The Labute approximate surface area is 388 Å². The van der Waals surface area contributed by atoms with Gasteiger partial charge in [-0.25, -0.2) is 0 Å². The fourth-order valence-corrected chi connectivity index (χ4v) is 16.9. The number of thioether (sulfide) groups is 4. The summed E-state index contributed by atoms with van der Waals surface area (Å²) >= 11 is 7.92. The third-order valence-corrected chi connectivity index (χ3v) is 20.5. The number of allylic oxidation sites excluding steroid dienone is 4. The molecule has 4 heterocycles. The highest BCUT2D eigenvalue weighted by Gasteiger charge is 2.48. The Bertz CT molecular complexity index is 2370. The van der Waals surface area contributed by atoms with Crippen molar-refractivity contribution in [1.82, 2.24) is 9.13 Å². The molecule has 2 aromatic carbocycles. The van der Waals surface area contributed by atoms with Gasteiger partial charge in [-0.3, -0.25) is 9.59 Å². The van der Waals surface area contributed by atoms with Gasteiger partial charge in [-0.15, -0.1) is 0 Å². The Morgan fingerprint density at radius 3 is 1.23 bits per heavy atom. The molecule has 0 radical (unpaired) electrons. The maximum Gasteiger partial charge on any atom is 0.186 e. The summed E-state index contributed by atoms with van der Waals surface area (Å²) < 4.78 is 7.96. The van der Waals surface area contributed by atoms with Crippen LogP contribution in [0.25, 0.3) is 0 Å². The molecule has 4 aliphatic carbocycles. The molecule has 4 aromatic rings. The highest BCUT2D eigenvalue weighted by atomic mass is 32.2. The first-order valence-corrected chi connectivity index (χ1v) is 27.1. The lowest BCUT2D eigenvalue weighted by molar-refractivity contribution is -0.116. The molecule has 10 rings (SSSR count). The molecule has 2 bridgehead atoms. The molecule has 0 unspecified atom stereocenters. The molecule has 326 valence electrons. The molecule has 6 aliphatic rings. The van der Waals surface area contributed by atoms with Gasteiger partial charge in [0.05, 0.1) is 8.47 Å². The number of benzene rings is 2. The van der Waals surface area contributed by atoms with Crippen molar-refractivity contribution in [2.24, 2.45) is 0 Å². The molecular weight excluding hydrogens is 837 g/mol. The second-order valence-electron chi connectivity index (χ2n) is 18.3. The zero-order chi connectivity index (χ0) is 42.9. The summed E-state index contributed by atoms with van der Waals surface area (Å²) in [5.74, 6) is -0.207. The van der Waals surface area contributed by atoms with Crippen molar-refractivity contribution in [2.45, 2.75) is 188 Å². The van der Waals surface area contributed by atoms with Crippen LogP contribution in [0.2, 0.25) is 0 Å². The average Bonchev–Trinajstić information content (AvgIpc) is 4.03. The lowest BCUT2D eigenvalue weighted by atomic mass is 9.58. The van der Waals surface area contributed by atoms with Gasteiger partial charge >= 0.3 is 0 Å². The number of ketones is 2. The zero-order valence-corrected chi connectivity index (χ0v) is 40.9. The van der Waals surface area contributed by atoms with E-state index in [2.05, 4.69) is 92.3 Å². The molecule has 0 saturated carbocycles. The number of carbonyl (C=O) groups is 2. The number of nitrogens with zero attached hydrogens (tertiary/aromatic N) is 2. The van der Waals surface area contributed by atoms with Crippen LogP contribution in [-0.2, 0) is 22.7 Å². The van der Waals surface area contributed by atoms with Crippen LogP contribution in [0.4, 0.5) is 0 Å². The standard InChI is InChI=1S/C54H64N2O2S4/c1-6-7-8-9-10-11-12-13-14-15-16-17-18-24-31-55-34(2)49-50(35(55)3)60-53(59-49)54-61-51-36(4)56(37(5)52(51)62-54)32-25-23-26-38-33-43(57)46-44-39-27-19-21-29-41(39)45(47(46)48(38)58)42-30-22-20-28-40(42)44/h19-22,27-30,33,44-45H,6-18,23-26,31-32H2,1-5H3. The van der Waals surface area contributed by atoms with E-state index in [-0.39, 0.29) is 23.4 Å². The quantitative estimate of drug-likeness (QED) is 0.0650. The molecule has 0 amide bonds. The largest absolute Gasteiger partial charge is 0.347 e. The maximum absolute atomic E-state index is 14.3. The topological polar surface area (TPSA) is 44.0 Å². The molecule has 2 aliphatic heterocycles. The van der Waals surface area contributed by atoms with E-state index in [1.807, 2.05) is 47.0 Å².